The van der Waals surface area contributed by atoms with Crippen molar-refractivity contribution < 1.29 is 14.6 Å². The SMILES string of the molecule is O=C(O)C(Cc1ccccc1Cl)CC1CCCCO1. The molecule has 0 saturated carbocycles. The first-order valence-corrected chi connectivity index (χ1v) is 7.12. The van der Waals surface area contributed by atoms with Gasteiger partial charge in [-0.2, -0.15) is 0 Å². The van der Waals surface area contributed by atoms with Gasteiger partial charge in [-0.15, -0.1) is 0 Å². The Balaban J connectivity index is 2.00. The number of aliphatic carboxylic acids is 1. The molecule has 19 heavy (non-hydrogen) atoms. The molecule has 1 aromatic rings. The van der Waals surface area contributed by atoms with Crippen LogP contribution in [0.3, 0.4) is 0 Å². The van der Waals surface area contributed by atoms with E-state index in [1.807, 2.05) is 18.2 Å². The maximum atomic E-state index is 11.4. The number of carbonyl (C=O) groups is 1. The molecular formula is C15H19ClO3. The van der Waals surface area contributed by atoms with Crippen LogP contribution in [0.5, 0.6) is 0 Å². The molecule has 1 aliphatic rings. The Bertz CT molecular complexity index is 427. The van der Waals surface area contributed by atoms with Crippen molar-refractivity contribution in [2.75, 3.05) is 6.61 Å². The summed E-state index contributed by atoms with van der Waals surface area (Å²) >= 11 is 6.09. The first-order valence-electron chi connectivity index (χ1n) is 6.74. The number of benzene rings is 1. The number of halogens is 1. The van der Waals surface area contributed by atoms with E-state index < -0.39 is 11.9 Å². The number of carboxylic acids is 1. The molecule has 104 valence electrons. The fourth-order valence-corrected chi connectivity index (χ4v) is 2.72. The highest BCUT2D eigenvalue weighted by atomic mass is 35.5. The molecule has 2 unspecified atom stereocenters. The number of ether oxygens (including phenoxy) is 1. The van der Waals surface area contributed by atoms with E-state index in [1.54, 1.807) is 6.07 Å². The van der Waals surface area contributed by atoms with Crippen LogP contribution in [0.2, 0.25) is 5.02 Å². The molecule has 0 amide bonds. The summed E-state index contributed by atoms with van der Waals surface area (Å²) in [5.41, 5.74) is 0.896. The molecule has 0 aliphatic carbocycles. The van der Waals surface area contributed by atoms with Gasteiger partial charge in [-0.3, -0.25) is 4.79 Å². The lowest BCUT2D eigenvalue weighted by atomic mass is 9.91. The highest BCUT2D eigenvalue weighted by Crippen LogP contribution is 2.25. The molecule has 0 radical (unpaired) electrons. The first-order chi connectivity index (χ1) is 9.16. The van der Waals surface area contributed by atoms with Gasteiger partial charge in [0.2, 0.25) is 0 Å². The molecule has 1 aromatic carbocycles. The summed E-state index contributed by atoms with van der Waals surface area (Å²) in [6, 6.07) is 7.43. The van der Waals surface area contributed by atoms with Gasteiger partial charge in [0, 0.05) is 11.6 Å². The van der Waals surface area contributed by atoms with Gasteiger partial charge in [-0.1, -0.05) is 29.8 Å². The minimum atomic E-state index is -0.769. The highest BCUT2D eigenvalue weighted by molar-refractivity contribution is 6.31. The quantitative estimate of drug-likeness (QED) is 0.898. The maximum absolute atomic E-state index is 11.4. The average Bonchev–Trinajstić information content (AvgIpc) is 2.41. The molecule has 2 atom stereocenters. The van der Waals surface area contributed by atoms with E-state index in [9.17, 15) is 9.90 Å². The van der Waals surface area contributed by atoms with Gasteiger partial charge in [-0.25, -0.2) is 0 Å². The second-order valence-electron chi connectivity index (χ2n) is 5.05. The Morgan fingerprint density at radius 1 is 1.42 bits per heavy atom. The van der Waals surface area contributed by atoms with E-state index in [4.69, 9.17) is 16.3 Å². The minimum Gasteiger partial charge on any atom is -0.481 e. The minimum absolute atomic E-state index is 0.0809. The summed E-state index contributed by atoms with van der Waals surface area (Å²) in [5, 5.41) is 9.99. The molecule has 1 saturated heterocycles. The summed E-state index contributed by atoms with van der Waals surface area (Å²) < 4.78 is 5.63. The fourth-order valence-electron chi connectivity index (χ4n) is 2.51. The molecule has 2 rings (SSSR count). The lowest BCUT2D eigenvalue weighted by molar-refractivity contribution is -0.143. The topological polar surface area (TPSA) is 46.5 Å². The highest BCUT2D eigenvalue weighted by Gasteiger charge is 2.25. The van der Waals surface area contributed by atoms with Crippen molar-refractivity contribution in [1.29, 1.82) is 0 Å². The fraction of sp³-hybridized carbons (Fsp3) is 0.533. The molecule has 1 fully saturated rings. The monoisotopic (exact) mass is 282 g/mol. The third-order valence-electron chi connectivity index (χ3n) is 3.59. The number of hydrogen-bond acceptors (Lipinski definition) is 2. The van der Waals surface area contributed by atoms with Crippen LogP contribution in [-0.4, -0.2) is 23.8 Å². The normalized spacial score (nSPS) is 21.0. The Morgan fingerprint density at radius 3 is 2.84 bits per heavy atom. The van der Waals surface area contributed by atoms with Crippen LogP contribution in [0.4, 0.5) is 0 Å². The van der Waals surface area contributed by atoms with E-state index >= 15 is 0 Å². The van der Waals surface area contributed by atoms with Crippen molar-refractivity contribution >= 4 is 17.6 Å². The molecule has 0 spiro atoms. The predicted molar refractivity (Wildman–Crippen MR) is 74.5 cm³/mol. The second kappa shape index (κ2) is 6.92. The van der Waals surface area contributed by atoms with Crippen LogP contribution in [0, 0.1) is 5.92 Å². The van der Waals surface area contributed by atoms with Crippen molar-refractivity contribution in [3.05, 3.63) is 34.9 Å². The van der Waals surface area contributed by atoms with Crippen LogP contribution >= 0.6 is 11.6 Å². The van der Waals surface area contributed by atoms with E-state index in [0.29, 0.717) is 17.9 Å². The average molecular weight is 283 g/mol. The maximum Gasteiger partial charge on any atom is 0.306 e. The Labute approximate surface area is 118 Å². The van der Waals surface area contributed by atoms with Crippen LogP contribution in [0.1, 0.15) is 31.2 Å². The number of rotatable bonds is 5. The molecule has 1 heterocycles. The molecule has 0 bridgehead atoms. The smallest absolute Gasteiger partial charge is 0.306 e. The molecule has 4 heteroatoms. The van der Waals surface area contributed by atoms with E-state index in [-0.39, 0.29) is 6.10 Å². The third-order valence-corrected chi connectivity index (χ3v) is 3.96. The van der Waals surface area contributed by atoms with Crippen molar-refractivity contribution in [2.24, 2.45) is 5.92 Å². The van der Waals surface area contributed by atoms with Crippen LogP contribution < -0.4 is 0 Å². The van der Waals surface area contributed by atoms with Crippen molar-refractivity contribution in [2.45, 2.75) is 38.2 Å². The van der Waals surface area contributed by atoms with Crippen LogP contribution in [0.25, 0.3) is 0 Å². The predicted octanol–water partition coefficient (Wildman–Crippen LogP) is 3.54. The zero-order chi connectivity index (χ0) is 13.7. The lowest BCUT2D eigenvalue weighted by Gasteiger charge is -2.25. The van der Waals surface area contributed by atoms with Gasteiger partial charge >= 0.3 is 5.97 Å². The number of carboxylic acid groups (broad SMARTS) is 1. The second-order valence-corrected chi connectivity index (χ2v) is 5.46. The molecule has 1 N–H and O–H groups in total. The Morgan fingerprint density at radius 2 is 2.21 bits per heavy atom. The van der Waals surface area contributed by atoms with Gasteiger partial charge in [0.1, 0.15) is 0 Å². The summed E-state index contributed by atoms with van der Waals surface area (Å²) in [4.78, 5) is 11.4. The number of hydrogen-bond donors (Lipinski definition) is 1. The van der Waals surface area contributed by atoms with Gasteiger partial charge in [-0.05, 0) is 43.7 Å². The molecule has 1 aliphatic heterocycles. The Kier molecular flexibility index (Phi) is 5.23. The van der Waals surface area contributed by atoms with E-state index in [2.05, 4.69) is 0 Å². The molecule has 3 nitrogen and oxygen atoms in total. The van der Waals surface area contributed by atoms with Crippen LogP contribution in [0.15, 0.2) is 24.3 Å². The standard InChI is InChI=1S/C15H19ClO3/c16-14-7-2-1-5-11(14)9-12(15(17)18)10-13-6-3-4-8-19-13/h1-2,5,7,12-13H,3-4,6,8-10H2,(H,17,18). The lowest BCUT2D eigenvalue weighted by Crippen LogP contribution is -2.27. The van der Waals surface area contributed by atoms with Crippen LogP contribution in [-0.2, 0) is 16.0 Å². The van der Waals surface area contributed by atoms with Gasteiger partial charge in [0.25, 0.3) is 0 Å². The van der Waals surface area contributed by atoms with Gasteiger partial charge in [0.05, 0.1) is 12.0 Å². The summed E-state index contributed by atoms with van der Waals surface area (Å²) in [7, 11) is 0. The molecule has 0 aromatic heterocycles. The molecular weight excluding hydrogens is 264 g/mol. The third kappa shape index (κ3) is 4.22. The Hall–Kier alpha value is -1.06. The van der Waals surface area contributed by atoms with E-state index in [0.717, 1.165) is 31.4 Å². The van der Waals surface area contributed by atoms with Gasteiger partial charge in [0.15, 0.2) is 0 Å². The zero-order valence-electron chi connectivity index (χ0n) is 10.8. The summed E-state index contributed by atoms with van der Waals surface area (Å²) in [6.45, 7) is 0.753. The summed E-state index contributed by atoms with van der Waals surface area (Å²) in [6.07, 6.45) is 4.29. The summed E-state index contributed by atoms with van der Waals surface area (Å²) in [5.74, 6) is -1.20. The van der Waals surface area contributed by atoms with Gasteiger partial charge < -0.3 is 9.84 Å². The van der Waals surface area contributed by atoms with Crippen molar-refractivity contribution in [3.63, 3.8) is 0 Å². The first kappa shape index (κ1) is 14.4. The van der Waals surface area contributed by atoms with Crippen molar-refractivity contribution in [1.82, 2.24) is 0 Å². The van der Waals surface area contributed by atoms with E-state index in [1.165, 1.54) is 0 Å². The van der Waals surface area contributed by atoms with Crippen molar-refractivity contribution in [3.8, 4) is 0 Å². The zero-order valence-corrected chi connectivity index (χ0v) is 11.6. The largest absolute Gasteiger partial charge is 0.481 e.